The molecule has 0 saturated carbocycles. The minimum absolute atomic E-state index is 0.00380. The number of hydrogen-bond acceptors (Lipinski definition) is 3. The third-order valence-electron chi connectivity index (χ3n) is 4.71. The summed E-state index contributed by atoms with van der Waals surface area (Å²) in [4.78, 5) is 21.1. The number of pyridine rings is 1. The van der Waals surface area contributed by atoms with Crippen LogP contribution in [-0.2, 0) is 6.54 Å². The molecular formula is C22H11Cl3F4N4O. The van der Waals surface area contributed by atoms with Crippen LogP contribution in [0, 0.1) is 23.3 Å². The molecule has 4 rings (SSSR count). The first-order valence-electron chi connectivity index (χ1n) is 9.42. The van der Waals surface area contributed by atoms with Gasteiger partial charge >= 0.3 is 0 Å². The summed E-state index contributed by atoms with van der Waals surface area (Å²) in [6.45, 7) is -0.284. The fraction of sp³-hybridized carbons (Fsp3) is 0.0455. The second-order valence-corrected chi connectivity index (χ2v) is 8.13. The van der Waals surface area contributed by atoms with E-state index in [1.807, 2.05) is 0 Å². The number of nitrogens with zero attached hydrogens (tertiary/aromatic N) is 3. The van der Waals surface area contributed by atoms with Crippen molar-refractivity contribution in [3.05, 3.63) is 98.5 Å². The maximum absolute atomic E-state index is 13.8. The van der Waals surface area contributed by atoms with E-state index in [-0.39, 0.29) is 44.6 Å². The SMILES string of the molecule is O=C(Nc1ccc(Cl)nc1Cl)c1cnc(-c2ccc(F)c(Cl)c2)n1Cc1cc(F)c(F)c(F)c1. The van der Waals surface area contributed by atoms with E-state index in [0.29, 0.717) is 5.56 Å². The third kappa shape index (κ3) is 4.86. The van der Waals surface area contributed by atoms with Gasteiger partial charge in [-0.2, -0.15) is 0 Å². The van der Waals surface area contributed by atoms with Crippen molar-refractivity contribution in [2.24, 2.45) is 0 Å². The number of halogens is 7. The van der Waals surface area contributed by atoms with Crippen LogP contribution < -0.4 is 5.32 Å². The number of amides is 1. The van der Waals surface area contributed by atoms with Gasteiger partial charge in [0.05, 0.1) is 23.5 Å². The average molecular weight is 530 g/mol. The Kier molecular flexibility index (Phi) is 6.79. The lowest BCUT2D eigenvalue weighted by Crippen LogP contribution is -2.18. The molecule has 2 aromatic heterocycles. The minimum atomic E-state index is -1.62. The van der Waals surface area contributed by atoms with Gasteiger partial charge in [0.2, 0.25) is 0 Å². The van der Waals surface area contributed by atoms with Crippen molar-refractivity contribution in [1.29, 1.82) is 0 Å². The molecule has 1 N–H and O–H groups in total. The highest BCUT2D eigenvalue weighted by molar-refractivity contribution is 6.34. The molecule has 0 bridgehead atoms. The molecule has 0 aliphatic rings. The Morgan fingerprint density at radius 1 is 0.941 bits per heavy atom. The molecule has 0 spiro atoms. The Balaban J connectivity index is 1.79. The smallest absolute Gasteiger partial charge is 0.274 e. The predicted octanol–water partition coefficient (Wildman–Crippen LogP) is 6.76. The van der Waals surface area contributed by atoms with Crippen molar-refractivity contribution in [1.82, 2.24) is 14.5 Å². The number of rotatable bonds is 5. The van der Waals surface area contributed by atoms with Gasteiger partial charge < -0.3 is 9.88 Å². The van der Waals surface area contributed by atoms with E-state index >= 15 is 0 Å². The van der Waals surface area contributed by atoms with Crippen LogP contribution in [0.3, 0.4) is 0 Å². The molecule has 0 radical (unpaired) electrons. The van der Waals surface area contributed by atoms with Crippen molar-refractivity contribution < 1.29 is 22.4 Å². The predicted molar refractivity (Wildman–Crippen MR) is 120 cm³/mol. The normalized spacial score (nSPS) is 11.0. The van der Waals surface area contributed by atoms with Crippen LogP contribution in [0.15, 0.2) is 48.7 Å². The lowest BCUT2D eigenvalue weighted by Gasteiger charge is -2.14. The first kappa shape index (κ1) is 24.0. The molecule has 34 heavy (non-hydrogen) atoms. The highest BCUT2D eigenvalue weighted by Crippen LogP contribution is 2.28. The van der Waals surface area contributed by atoms with E-state index in [0.717, 1.165) is 18.2 Å². The number of hydrogen-bond donors (Lipinski definition) is 1. The first-order chi connectivity index (χ1) is 16.1. The molecule has 2 heterocycles. The molecule has 12 heteroatoms. The van der Waals surface area contributed by atoms with Gasteiger partial charge in [-0.05, 0) is 48.0 Å². The Bertz CT molecular complexity index is 1400. The summed E-state index contributed by atoms with van der Waals surface area (Å²) in [5.74, 6) is -5.65. The van der Waals surface area contributed by atoms with Gasteiger partial charge in [-0.1, -0.05) is 34.8 Å². The zero-order valence-corrected chi connectivity index (χ0v) is 19.0. The molecular weight excluding hydrogens is 519 g/mol. The summed E-state index contributed by atoms with van der Waals surface area (Å²) in [7, 11) is 0. The van der Waals surface area contributed by atoms with Crippen LogP contribution in [0.4, 0.5) is 23.2 Å². The topological polar surface area (TPSA) is 59.8 Å². The Morgan fingerprint density at radius 3 is 2.29 bits per heavy atom. The number of carbonyl (C=O) groups excluding carboxylic acids is 1. The van der Waals surface area contributed by atoms with Crippen LogP contribution in [0.25, 0.3) is 11.4 Å². The molecule has 0 aliphatic heterocycles. The van der Waals surface area contributed by atoms with Crippen molar-refractivity contribution in [3.63, 3.8) is 0 Å². The molecule has 0 aliphatic carbocycles. The van der Waals surface area contributed by atoms with E-state index in [2.05, 4.69) is 15.3 Å². The molecule has 0 unspecified atom stereocenters. The fourth-order valence-electron chi connectivity index (χ4n) is 3.16. The maximum Gasteiger partial charge on any atom is 0.274 e. The molecule has 0 fully saturated rings. The first-order valence-corrected chi connectivity index (χ1v) is 10.5. The van der Waals surface area contributed by atoms with Crippen molar-refractivity contribution in [2.75, 3.05) is 5.32 Å². The highest BCUT2D eigenvalue weighted by Gasteiger charge is 2.21. The Hall–Kier alpha value is -3.14. The zero-order valence-electron chi connectivity index (χ0n) is 16.7. The van der Waals surface area contributed by atoms with E-state index in [9.17, 15) is 22.4 Å². The van der Waals surface area contributed by atoms with Crippen LogP contribution in [0.5, 0.6) is 0 Å². The van der Waals surface area contributed by atoms with Gasteiger partial charge in [0.25, 0.3) is 5.91 Å². The number of aromatic nitrogens is 3. The van der Waals surface area contributed by atoms with Gasteiger partial charge in [-0.25, -0.2) is 27.5 Å². The van der Waals surface area contributed by atoms with Crippen molar-refractivity contribution in [2.45, 2.75) is 6.54 Å². The number of imidazole rings is 1. The number of benzene rings is 2. The van der Waals surface area contributed by atoms with Gasteiger partial charge in [-0.15, -0.1) is 0 Å². The van der Waals surface area contributed by atoms with Gasteiger partial charge in [0.15, 0.2) is 22.6 Å². The Labute approximate surface area is 204 Å². The van der Waals surface area contributed by atoms with Crippen LogP contribution in [0.2, 0.25) is 15.3 Å². The van der Waals surface area contributed by atoms with Crippen molar-refractivity contribution in [3.8, 4) is 11.4 Å². The molecule has 0 saturated heterocycles. The Morgan fingerprint density at radius 2 is 1.65 bits per heavy atom. The largest absolute Gasteiger partial charge is 0.318 e. The number of nitrogens with one attached hydrogen (secondary N) is 1. The summed E-state index contributed by atoms with van der Waals surface area (Å²) >= 11 is 17.7. The minimum Gasteiger partial charge on any atom is -0.318 e. The third-order valence-corrected chi connectivity index (χ3v) is 5.50. The summed E-state index contributed by atoms with van der Waals surface area (Å²) in [5.41, 5.74) is 0.421. The molecule has 2 aromatic carbocycles. The lowest BCUT2D eigenvalue weighted by molar-refractivity contribution is 0.101. The van der Waals surface area contributed by atoms with E-state index < -0.39 is 29.2 Å². The summed E-state index contributed by atoms with van der Waals surface area (Å²) < 4.78 is 56.0. The second-order valence-electron chi connectivity index (χ2n) is 6.98. The van der Waals surface area contributed by atoms with Crippen LogP contribution >= 0.6 is 34.8 Å². The van der Waals surface area contributed by atoms with Crippen LogP contribution in [-0.4, -0.2) is 20.4 Å². The fourth-order valence-corrected chi connectivity index (χ4v) is 3.73. The second kappa shape index (κ2) is 9.61. The summed E-state index contributed by atoms with van der Waals surface area (Å²) in [5, 5.41) is 2.40. The van der Waals surface area contributed by atoms with Crippen LogP contribution in [0.1, 0.15) is 16.1 Å². The van der Waals surface area contributed by atoms with Crippen molar-refractivity contribution >= 4 is 46.4 Å². The summed E-state index contributed by atoms with van der Waals surface area (Å²) in [6, 6.07) is 8.19. The van der Waals surface area contributed by atoms with E-state index in [1.165, 1.54) is 35.0 Å². The maximum atomic E-state index is 13.8. The molecule has 1 amide bonds. The molecule has 4 aromatic rings. The summed E-state index contributed by atoms with van der Waals surface area (Å²) in [6.07, 6.45) is 1.20. The van der Waals surface area contributed by atoms with E-state index in [1.54, 1.807) is 0 Å². The van der Waals surface area contributed by atoms with Gasteiger partial charge in [-0.3, -0.25) is 4.79 Å². The number of carbonyl (C=O) groups is 1. The zero-order chi connectivity index (χ0) is 24.6. The quantitative estimate of drug-likeness (QED) is 0.176. The molecule has 174 valence electrons. The standard InChI is InChI=1S/C22H11Cl3F4N4O/c23-12-7-11(1-2-13(12)26)21-30-8-17(22(34)31-16-3-4-18(24)32-20(16)25)33(21)9-10-5-14(27)19(29)15(28)6-10/h1-8H,9H2,(H,31,34). The average Bonchev–Trinajstić information content (AvgIpc) is 3.19. The number of anilines is 1. The highest BCUT2D eigenvalue weighted by atomic mass is 35.5. The van der Waals surface area contributed by atoms with Gasteiger partial charge in [0, 0.05) is 5.56 Å². The molecule has 0 atom stereocenters. The lowest BCUT2D eigenvalue weighted by atomic mass is 10.1. The van der Waals surface area contributed by atoms with E-state index in [4.69, 9.17) is 34.8 Å². The monoisotopic (exact) mass is 528 g/mol. The van der Waals surface area contributed by atoms with Gasteiger partial charge in [0.1, 0.15) is 22.5 Å². The molecule has 5 nitrogen and oxygen atoms in total.